The van der Waals surface area contributed by atoms with Crippen LogP contribution in [-0.2, 0) is 16.0 Å². The third-order valence-corrected chi connectivity index (χ3v) is 3.48. The molecule has 23 heavy (non-hydrogen) atoms. The molecule has 0 aliphatic rings. The Hall–Kier alpha value is -1.50. The molecule has 1 unspecified atom stereocenters. The van der Waals surface area contributed by atoms with Gasteiger partial charge in [0.15, 0.2) is 0 Å². The van der Waals surface area contributed by atoms with Gasteiger partial charge < -0.3 is 4.74 Å². The number of ether oxygens (including phenoxy) is 1. The van der Waals surface area contributed by atoms with Crippen LogP contribution in [0.15, 0.2) is 18.2 Å². The molecule has 6 nitrogen and oxygen atoms in total. The molecule has 9 heteroatoms. The third-order valence-electron chi connectivity index (χ3n) is 2.77. The van der Waals surface area contributed by atoms with Gasteiger partial charge in [-0.25, -0.2) is 4.79 Å². The van der Waals surface area contributed by atoms with Crippen molar-refractivity contribution >= 4 is 53.6 Å². The molecule has 0 heterocycles. The van der Waals surface area contributed by atoms with Crippen molar-refractivity contribution in [2.24, 2.45) is 0 Å². The molecule has 1 aromatic carbocycles. The molecular formula is C14H18Cl3N3O3. The second-order valence-corrected chi connectivity index (χ2v) is 5.36. The highest BCUT2D eigenvalue weighted by Gasteiger charge is 2.14. The van der Waals surface area contributed by atoms with E-state index < -0.39 is 18.0 Å². The fraction of sp³-hybridized carbons (Fsp3) is 0.357. The Labute approximate surface area is 150 Å². The number of hydrogen-bond acceptors (Lipinski definition) is 4. The fourth-order valence-corrected chi connectivity index (χ4v) is 2.01. The fourth-order valence-electron chi connectivity index (χ4n) is 1.47. The van der Waals surface area contributed by atoms with Crippen LogP contribution in [0.2, 0.25) is 10.0 Å². The quantitative estimate of drug-likeness (QED) is 0.549. The summed E-state index contributed by atoms with van der Waals surface area (Å²) in [5.74, 6) is -0.995. The summed E-state index contributed by atoms with van der Waals surface area (Å²) in [6.45, 7) is 3.58. The summed E-state index contributed by atoms with van der Waals surface area (Å²) in [5.41, 5.74) is 0.457. The molecule has 128 valence electrons. The van der Waals surface area contributed by atoms with Gasteiger partial charge in [-0.2, -0.15) is 0 Å². The van der Waals surface area contributed by atoms with E-state index in [1.165, 1.54) is 0 Å². The predicted molar refractivity (Wildman–Crippen MR) is 92.7 cm³/mol. The SMILES string of the molecule is CCC(C)OC(=O)NC(=N)NC(=O)Cc1c(Cl)cccc1Cl.Cl. The number of amides is 2. The number of carbonyl (C=O) groups is 2. The topological polar surface area (TPSA) is 91.3 Å². The number of nitrogens with one attached hydrogen (secondary N) is 3. The first-order chi connectivity index (χ1) is 10.3. The lowest BCUT2D eigenvalue weighted by Crippen LogP contribution is -2.44. The van der Waals surface area contributed by atoms with E-state index in [4.69, 9.17) is 33.3 Å². The lowest BCUT2D eigenvalue weighted by molar-refractivity contribution is -0.119. The Morgan fingerprint density at radius 1 is 1.26 bits per heavy atom. The van der Waals surface area contributed by atoms with Gasteiger partial charge in [0.25, 0.3) is 0 Å². The van der Waals surface area contributed by atoms with Crippen LogP contribution in [0.3, 0.4) is 0 Å². The normalized spacial score (nSPS) is 11.0. The standard InChI is InChI=1S/C14H17Cl2N3O3.ClH/c1-3-8(2)22-14(21)19-13(17)18-12(20)7-9-10(15)5-4-6-11(9)16;/h4-6,8H,3,7H2,1-2H3,(H3,17,18,19,20,21);1H. The number of benzene rings is 1. The van der Waals surface area contributed by atoms with Crippen molar-refractivity contribution in [3.8, 4) is 0 Å². The molecule has 0 saturated heterocycles. The number of carbonyl (C=O) groups excluding carboxylic acids is 2. The van der Waals surface area contributed by atoms with Crippen LogP contribution in [0.4, 0.5) is 4.79 Å². The first-order valence-electron chi connectivity index (χ1n) is 6.62. The zero-order valence-corrected chi connectivity index (χ0v) is 14.9. The average Bonchev–Trinajstić information content (AvgIpc) is 2.42. The summed E-state index contributed by atoms with van der Waals surface area (Å²) in [6, 6.07) is 4.90. The maximum absolute atomic E-state index is 11.8. The highest BCUT2D eigenvalue weighted by molar-refractivity contribution is 6.36. The van der Waals surface area contributed by atoms with Gasteiger partial charge in [0, 0.05) is 10.0 Å². The van der Waals surface area contributed by atoms with Crippen LogP contribution in [-0.4, -0.2) is 24.1 Å². The molecule has 3 N–H and O–H groups in total. The van der Waals surface area contributed by atoms with E-state index in [1.807, 2.05) is 6.92 Å². The second-order valence-electron chi connectivity index (χ2n) is 4.55. The van der Waals surface area contributed by atoms with Crippen LogP contribution in [0.5, 0.6) is 0 Å². The number of hydrogen-bond donors (Lipinski definition) is 3. The molecule has 1 rings (SSSR count). The maximum Gasteiger partial charge on any atom is 0.414 e. The van der Waals surface area contributed by atoms with E-state index in [-0.39, 0.29) is 24.9 Å². The first-order valence-corrected chi connectivity index (χ1v) is 7.38. The number of halogens is 3. The number of rotatable bonds is 4. The summed E-state index contributed by atoms with van der Waals surface area (Å²) in [6.07, 6.45) is -0.526. The van der Waals surface area contributed by atoms with Crippen molar-refractivity contribution in [2.75, 3.05) is 0 Å². The Balaban J connectivity index is 0.00000484. The summed E-state index contributed by atoms with van der Waals surface area (Å²) in [5, 5.41) is 12.6. The van der Waals surface area contributed by atoms with Crippen molar-refractivity contribution < 1.29 is 14.3 Å². The van der Waals surface area contributed by atoms with Crippen LogP contribution >= 0.6 is 35.6 Å². The minimum absolute atomic E-state index is 0. The van der Waals surface area contributed by atoms with Crippen LogP contribution < -0.4 is 10.6 Å². The lowest BCUT2D eigenvalue weighted by atomic mass is 10.1. The van der Waals surface area contributed by atoms with Crippen molar-refractivity contribution in [1.82, 2.24) is 10.6 Å². The molecule has 2 amide bonds. The van der Waals surface area contributed by atoms with Gasteiger partial charge >= 0.3 is 6.09 Å². The van der Waals surface area contributed by atoms with E-state index in [0.29, 0.717) is 22.0 Å². The van der Waals surface area contributed by atoms with Gasteiger partial charge in [-0.15, -0.1) is 12.4 Å². The van der Waals surface area contributed by atoms with E-state index in [1.54, 1.807) is 25.1 Å². The molecule has 0 radical (unpaired) electrons. The molecule has 0 bridgehead atoms. The molecular weight excluding hydrogens is 365 g/mol. The molecule has 1 atom stereocenters. The second kappa shape index (κ2) is 10.3. The van der Waals surface area contributed by atoms with E-state index in [0.717, 1.165) is 0 Å². The van der Waals surface area contributed by atoms with Crippen molar-refractivity contribution in [2.45, 2.75) is 32.8 Å². The summed E-state index contributed by atoms with van der Waals surface area (Å²) in [7, 11) is 0. The van der Waals surface area contributed by atoms with Gasteiger partial charge in [0.1, 0.15) is 6.10 Å². The highest BCUT2D eigenvalue weighted by atomic mass is 35.5. The highest BCUT2D eigenvalue weighted by Crippen LogP contribution is 2.24. The molecule has 0 aliphatic heterocycles. The number of guanidine groups is 1. The molecule has 0 spiro atoms. The molecule has 0 aliphatic carbocycles. The Morgan fingerprint density at radius 2 is 1.83 bits per heavy atom. The van der Waals surface area contributed by atoms with E-state index in [9.17, 15) is 9.59 Å². The lowest BCUT2D eigenvalue weighted by Gasteiger charge is -2.13. The van der Waals surface area contributed by atoms with Gasteiger partial charge in [-0.3, -0.25) is 20.8 Å². The van der Waals surface area contributed by atoms with Crippen LogP contribution in [0.1, 0.15) is 25.8 Å². The van der Waals surface area contributed by atoms with E-state index >= 15 is 0 Å². The number of alkyl carbamates (subject to hydrolysis) is 1. The van der Waals surface area contributed by atoms with Crippen LogP contribution in [0, 0.1) is 5.41 Å². The summed E-state index contributed by atoms with van der Waals surface area (Å²) < 4.78 is 4.92. The average molecular weight is 383 g/mol. The minimum Gasteiger partial charge on any atom is -0.446 e. The molecule has 0 fully saturated rings. The minimum atomic E-state index is -0.796. The molecule has 0 saturated carbocycles. The monoisotopic (exact) mass is 381 g/mol. The summed E-state index contributed by atoms with van der Waals surface area (Å²) >= 11 is 11.9. The summed E-state index contributed by atoms with van der Waals surface area (Å²) in [4.78, 5) is 23.2. The Bertz CT molecular complexity index is 561. The first kappa shape index (κ1) is 21.5. The zero-order chi connectivity index (χ0) is 16.7. The maximum atomic E-state index is 11.8. The van der Waals surface area contributed by atoms with Gasteiger partial charge in [-0.1, -0.05) is 36.2 Å². The van der Waals surface area contributed by atoms with E-state index in [2.05, 4.69) is 10.6 Å². The Morgan fingerprint density at radius 3 is 2.35 bits per heavy atom. The Kier molecular flexibility index (Phi) is 9.64. The smallest absolute Gasteiger partial charge is 0.414 e. The predicted octanol–water partition coefficient (Wildman–Crippen LogP) is 3.53. The molecule has 0 aromatic heterocycles. The van der Waals surface area contributed by atoms with Gasteiger partial charge in [0.05, 0.1) is 6.42 Å². The molecule has 1 aromatic rings. The van der Waals surface area contributed by atoms with Gasteiger partial charge in [-0.05, 0) is 31.0 Å². The third kappa shape index (κ3) is 7.54. The van der Waals surface area contributed by atoms with Gasteiger partial charge in [0.2, 0.25) is 11.9 Å². The zero-order valence-electron chi connectivity index (χ0n) is 12.6. The van der Waals surface area contributed by atoms with Crippen molar-refractivity contribution in [3.05, 3.63) is 33.8 Å². The van der Waals surface area contributed by atoms with Crippen LogP contribution in [0.25, 0.3) is 0 Å². The largest absolute Gasteiger partial charge is 0.446 e. The van der Waals surface area contributed by atoms with Crippen molar-refractivity contribution in [1.29, 1.82) is 5.41 Å². The van der Waals surface area contributed by atoms with Crippen molar-refractivity contribution in [3.63, 3.8) is 0 Å².